The van der Waals surface area contributed by atoms with Crippen LogP contribution in [0, 0.1) is 0 Å². The highest BCUT2D eigenvalue weighted by molar-refractivity contribution is 6.04. The Balaban J connectivity index is 2.89. The SMILES string of the molecule is NC(=O)NC(=O)c1nccnc1N. The van der Waals surface area contributed by atoms with Crippen molar-refractivity contribution in [2.75, 3.05) is 5.73 Å². The van der Waals surface area contributed by atoms with Crippen molar-refractivity contribution in [3.8, 4) is 0 Å². The number of nitrogens with one attached hydrogen (secondary N) is 1. The van der Waals surface area contributed by atoms with E-state index in [1.165, 1.54) is 12.4 Å². The Bertz CT molecular complexity index is 351. The first-order valence-electron chi connectivity index (χ1n) is 3.28. The summed E-state index contributed by atoms with van der Waals surface area (Å²) in [7, 11) is 0. The Morgan fingerprint density at radius 3 is 2.46 bits per heavy atom. The van der Waals surface area contributed by atoms with Crippen LogP contribution in [0.3, 0.4) is 0 Å². The van der Waals surface area contributed by atoms with Crippen molar-refractivity contribution < 1.29 is 9.59 Å². The van der Waals surface area contributed by atoms with Gasteiger partial charge in [-0.25, -0.2) is 14.8 Å². The van der Waals surface area contributed by atoms with Crippen LogP contribution in [0.1, 0.15) is 10.5 Å². The second-order valence-corrected chi connectivity index (χ2v) is 2.11. The molecular formula is C6H7N5O2. The van der Waals surface area contributed by atoms with Gasteiger partial charge in [0.15, 0.2) is 11.5 Å². The fourth-order valence-electron chi connectivity index (χ4n) is 0.695. The number of nitrogens with zero attached hydrogens (tertiary/aromatic N) is 2. The van der Waals surface area contributed by atoms with Crippen LogP contribution < -0.4 is 16.8 Å². The minimum absolute atomic E-state index is 0.0544. The highest BCUT2D eigenvalue weighted by atomic mass is 16.2. The van der Waals surface area contributed by atoms with Crippen molar-refractivity contribution in [3.05, 3.63) is 18.1 Å². The topological polar surface area (TPSA) is 124 Å². The normalized spacial score (nSPS) is 9.23. The smallest absolute Gasteiger partial charge is 0.319 e. The molecule has 0 unspecified atom stereocenters. The standard InChI is InChI=1S/C6H7N5O2/c7-4-3(9-1-2-10-4)5(12)11-6(8)13/h1-2H,(H2,7,10)(H3,8,11,12,13). The number of nitrogen functional groups attached to an aromatic ring is 1. The average Bonchev–Trinajstić information content (AvgIpc) is 2.03. The number of anilines is 1. The number of urea groups is 1. The zero-order valence-corrected chi connectivity index (χ0v) is 6.52. The Hall–Kier alpha value is -2.18. The van der Waals surface area contributed by atoms with E-state index in [-0.39, 0.29) is 11.5 Å². The molecule has 1 aromatic rings. The molecule has 7 heteroatoms. The van der Waals surface area contributed by atoms with Crippen LogP contribution >= 0.6 is 0 Å². The van der Waals surface area contributed by atoms with Gasteiger partial charge in [-0.15, -0.1) is 0 Å². The highest BCUT2D eigenvalue weighted by Crippen LogP contribution is 2.01. The van der Waals surface area contributed by atoms with Crippen LogP contribution in [-0.4, -0.2) is 21.9 Å². The summed E-state index contributed by atoms with van der Waals surface area (Å²) in [4.78, 5) is 28.6. The van der Waals surface area contributed by atoms with Crippen LogP contribution in [0.2, 0.25) is 0 Å². The Labute approximate surface area is 73.2 Å². The van der Waals surface area contributed by atoms with Crippen molar-refractivity contribution >= 4 is 17.8 Å². The highest BCUT2D eigenvalue weighted by Gasteiger charge is 2.12. The summed E-state index contributed by atoms with van der Waals surface area (Å²) in [6, 6.07) is -0.963. The molecule has 0 aliphatic heterocycles. The van der Waals surface area contributed by atoms with Gasteiger partial charge in [-0.2, -0.15) is 0 Å². The second kappa shape index (κ2) is 3.48. The maximum absolute atomic E-state index is 11.1. The van der Waals surface area contributed by atoms with E-state index >= 15 is 0 Å². The van der Waals surface area contributed by atoms with E-state index in [0.717, 1.165) is 0 Å². The summed E-state index contributed by atoms with van der Waals surface area (Å²) in [5, 5.41) is 1.82. The lowest BCUT2D eigenvalue weighted by molar-refractivity contribution is 0.0962. The zero-order chi connectivity index (χ0) is 9.84. The number of carbonyl (C=O) groups excluding carboxylic acids is 2. The number of amides is 3. The number of hydrogen-bond donors (Lipinski definition) is 3. The lowest BCUT2D eigenvalue weighted by Crippen LogP contribution is -2.35. The van der Waals surface area contributed by atoms with Crippen molar-refractivity contribution in [2.45, 2.75) is 0 Å². The Morgan fingerprint density at radius 2 is 1.92 bits per heavy atom. The number of hydrogen-bond acceptors (Lipinski definition) is 5. The molecule has 0 radical (unpaired) electrons. The van der Waals surface area contributed by atoms with Gasteiger partial charge in [-0.05, 0) is 0 Å². The molecule has 0 aliphatic rings. The molecule has 0 aliphatic carbocycles. The molecule has 0 bridgehead atoms. The quantitative estimate of drug-likeness (QED) is 0.505. The first-order chi connectivity index (χ1) is 6.11. The first-order valence-corrected chi connectivity index (χ1v) is 3.28. The van der Waals surface area contributed by atoms with Crippen LogP contribution in [0.25, 0.3) is 0 Å². The van der Waals surface area contributed by atoms with Crippen molar-refractivity contribution in [1.82, 2.24) is 15.3 Å². The summed E-state index contributed by atoms with van der Waals surface area (Å²) < 4.78 is 0. The lowest BCUT2D eigenvalue weighted by atomic mass is 10.4. The average molecular weight is 181 g/mol. The van der Waals surface area contributed by atoms with Crippen molar-refractivity contribution in [1.29, 1.82) is 0 Å². The van der Waals surface area contributed by atoms with Crippen LogP contribution in [0.15, 0.2) is 12.4 Å². The number of primary amides is 1. The summed E-state index contributed by atoms with van der Waals surface area (Å²) >= 11 is 0. The maximum atomic E-state index is 11.1. The lowest BCUT2D eigenvalue weighted by Gasteiger charge is -2.00. The van der Waals surface area contributed by atoms with Gasteiger partial charge in [0.25, 0.3) is 5.91 Å². The maximum Gasteiger partial charge on any atom is 0.319 e. The molecule has 13 heavy (non-hydrogen) atoms. The monoisotopic (exact) mass is 181 g/mol. The number of imide groups is 1. The molecule has 0 spiro atoms. The summed E-state index contributed by atoms with van der Waals surface area (Å²) in [5.41, 5.74) is 9.91. The molecule has 0 atom stereocenters. The van der Waals surface area contributed by atoms with E-state index in [1.54, 1.807) is 0 Å². The predicted octanol–water partition coefficient (Wildman–Crippen LogP) is -1.13. The molecule has 0 saturated heterocycles. The molecular weight excluding hydrogens is 174 g/mol. The van der Waals surface area contributed by atoms with Crippen LogP contribution in [0.4, 0.5) is 10.6 Å². The Morgan fingerprint density at radius 1 is 1.31 bits per heavy atom. The summed E-state index contributed by atoms with van der Waals surface area (Å²) in [5.74, 6) is -0.820. The minimum Gasteiger partial charge on any atom is -0.382 e. The summed E-state index contributed by atoms with van der Waals surface area (Å²) in [6.07, 6.45) is 2.61. The van der Waals surface area contributed by atoms with Crippen molar-refractivity contribution in [2.24, 2.45) is 5.73 Å². The fourth-order valence-corrected chi connectivity index (χ4v) is 0.695. The second-order valence-electron chi connectivity index (χ2n) is 2.11. The van der Waals surface area contributed by atoms with Gasteiger partial charge < -0.3 is 11.5 Å². The van der Waals surface area contributed by atoms with Gasteiger partial charge >= 0.3 is 6.03 Å². The van der Waals surface area contributed by atoms with Gasteiger partial charge in [-0.3, -0.25) is 10.1 Å². The van der Waals surface area contributed by atoms with E-state index in [1.807, 2.05) is 5.32 Å². The number of nitrogens with two attached hydrogens (primary N) is 2. The molecule has 1 heterocycles. The van der Waals surface area contributed by atoms with Crippen molar-refractivity contribution in [3.63, 3.8) is 0 Å². The predicted molar refractivity (Wildman–Crippen MR) is 43.5 cm³/mol. The van der Waals surface area contributed by atoms with Crippen LogP contribution in [0.5, 0.6) is 0 Å². The Kier molecular flexibility index (Phi) is 2.38. The molecule has 1 aromatic heterocycles. The molecule has 0 aromatic carbocycles. The number of aromatic nitrogens is 2. The molecule has 5 N–H and O–H groups in total. The fraction of sp³-hybridized carbons (Fsp3) is 0. The molecule has 0 saturated carbocycles. The van der Waals surface area contributed by atoms with Gasteiger partial charge in [0.2, 0.25) is 0 Å². The molecule has 7 nitrogen and oxygen atoms in total. The number of carbonyl (C=O) groups is 2. The summed E-state index contributed by atoms with van der Waals surface area (Å²) in [6.45, 7) is 0. The third kappa shape index (κ3) is 2.12. The van der Waals surface area contributed by atoms with Gasteiger partial charge in [0.05, 0.1) is 0 Å². The molecule has 1 rings (SSSR count). The molecule has 0 fully saturated rings. The van der Waals surface area contributed by atoms with Gasteiger partial charge in [0.1, 0.15) is 0 Å². The third-order valence-electron chi connectivity index (χ3n) is 1.18. The number of rotatable bonds is 1. The van der Waals surface area contributed by atoms with E-state index in [4.69, 9.17) is 11.5 Å². The van der Waals surface area contributed by atoms with E-state index in [0.29, 0.717) is 0 Å². The van der Waals surface area contributed by atoms with Gasteiger partial charge in [0, 0.05) is 12.4 Å². The van der Waals surface area contributed by atoms with E-state index < -0.39 is 11.9 Å². The molecule has 3 amide bonds. The van der Waals surface area contributed by atoms with E-state index in [9.17, 15) is 9.59 Å². The van der Waals surface area contributed by atoms with E-state index in [2.05, 4.69) is 9.97 Å². The minimum atomic E-state index is -0.963. The first kappa shape index (κ1) is 8.91. The van der Waals surface area contributed by atoms with Crippen LogP contribution in [-0.2, 0) is 0 Å². The third-order valence-corrected chi connectivity index (χ3v) is 1.18. The van der Waals surface area contributed by atoms with Gasteiger partial charge in [-0.1, -0.05) is 0 Å². The zero-order valence-electron chi connectivity index (χ0n) is 6.52. The molecule has 68 valence electrons. The largest absolute Gasteiger partial charge is 0.382 e.